The normalized spacial score (nSPS) is 12.2. The summed E-state index contributed by atoms with van der Waals surface area (Å²) in [5, 5.41) is 7.31. The molecule has 1 rings (SSSR count). The van der Waals surface area contributed by atoms with Crippen molar-refractivity contribution in [1.82, 2.24) is 9.78 Å². The first-order chi connectivity index (χ1) is 8.63. The fourth-order valence-corrected chi connectivity index (χ4v) is 1.84. The molecule has 5 nitrogen and oxygen atoms in total. The summed E-state index contributed by atoms with van der Waals surface area (Å²) in [6.45, 7) is 6.46. The van der Waals surface area contributed by atoms with Crippen molar-refractivity contribution in [3.63, 3.8) is 0 Å². The van der Waals surface area contributed by atoms with Crippen LogP contribution in [-0.4, -0.2) is 22.4 Å². The zero-order valence-corrected chi connectivity index (χ0v) is 11.3. The van der Waals surface area contributed by atoms with Crippen LogP contribution in [0.25, 0.3) is 0 Å². The highest BCUT2D eigenvalue weighted by Gasteiger charge is 2.12. The Balaban J connectivity index is 2.94. The van der Waals surface area contributed by atoms with Crippen molar-refractivity contribution < 1.29 is 0 Å². The Kier molecular flexibility index (Phi) is 5.88. The van der Waals surface area contributed by atoms with Gasteiger partial charge < -0.3 is 11.1 Å². The molecular weight excluding hydrogens is 252 g/mol. The molecule has 0 saturated heterocycles. The van der Waals surface area contributed by atoms with E-state index in [2.05, 4.69) is 23.9 Å². The second kappa shape index (κ2) is 7.18. The molecule has 0 bridgehead atoms. The molecule has 1 aromatic heterocycles. The van der Waals surface area contributed by atoms with Gasteiger partial charge >= 0.3 is 0 Å². The molecule has 0 spiro atoms. The highest BCUT2D eigenvalue weighted by molar-refractivity contribution is 6.32. The van der Waals surface area contributed by atoms with Crippen molar-refractivity contribution >= 4 is 17.3 Å². The maximum Gasteiger partial charge on any atom is 0.287 e. The van der Waals surface area contributed by atoms with Crippen molar-refractivity contribution in [2.45, 2.75) is 32.4 Å². The molecule has 0 radical (unpaired) electrons. The molecule has 100 valence electrons. The summed E-state index contributed by atoms with van der Waals surface area (Å²) < 4.78 is 1.26. The highest BCUT2D eigenvalue weighted by atomic mass is 35.5. The minimum absolute atomic E-state index is 0.101. The summed E-state index contributed by atoms with van der Waals surface area (Å²) >= 11 is 6.02. The molecule has 6 heteroatoms. The zero-order chi connectivity index (χ0) is 13.5. The SMILES string of the molecule is C=CCn1ncc(NC(CN)CCC)c(Cl)c1=O. The number of anilines is 1. The third-order valence-electron chi connectivity index (χ3n) is 2.57. The van der Waals surface area contributed by atoms with Crippen LogP contribution < -0.4 is 16.6 Å². The summed E-state index contributed by atoms with van der Waals surface area (Å²) in [5.41, 5.74) is 5.86. The Bertz CT molecular complexity index is 458. The van der Waals surface area contributed by atoms with Crippen LogP contribution in [0.2, 0.25) is 5.02 Å². The van der Waals surface area contributed by atoms with E-state index in [0.29, 0.717) is 18.8 Å². The van der Waals surface area contributed by atoms with Gasteiger partial charge in [-0.2, -0.15) is 5.10 Å². The van der Waals surface area contributed by atoms with Gasteiger partial charge in [0.05, 0.1) is 18.4 Å². The fourth-order valence-electron chi connectivity index (χ4n) is 1.64. The molecule has 1 aromatic rings. The molecule has 0 aliphatic carbocycles. The van der Waals surface area contributed by atoms with Crippen molar-refractivity contribution in [2.24, 2.45) is 5.73 Å². The number of rotatable bonds is 7. The molecule has 0 aliphatic rings. The highest BCUT2D eigenvalue weighted by Crippen LogP contribution is 2.17. The topological polar surface area (TPSA) is 72.9 Å². The van der Waals surface area contributed by atoms with Crippen LogP contribution in [0.4, 0.5) is 5.69 Å². The van der Waals surface area contributed by atoms with E-state index in [0.717, 1.165) is 12.8 Å². The summed E-state index contributed by atoms with van der Waals surface area (Å²) in [7, 11) is 0. The van der Waals surface area contributed by atoms with Gasteiger partial charge in [-0.1, -0.05) is 31.0 Å². The summed E-state index contributed by atoms with van der Waals surface area (Å²) in [6.07, 6.45) is 5.07. The number of nitrogens with two attached hydrogens (primary N) is 1. The van der Waals surface area contributed by atoms with Gasteiger partial charge in [-0.3, -0.25) is 4.79 Å². The molecule has 1 unspecified atom stereocenters. The van der Waals surface area contributed by atoms with Gasteiger partial charge in [0.2, 0.25) is 0 Å². The molecule has 1 heterocycles. The molecule has 1 atom stereocenters. The van der Waals surface area contributed by atoms with Crippen LogP contribution >= 0.6 is 11.6 Å². The van der Waals surface area contributed by atoms with Crippen LogP contribution in [0.1, 0.15) is 19.8 Å². The predicted octanol–water partition coefficient (Wildman–Crippen LogP) is 1.62. The quantitative estimate of drug-likeness (QED) is 0.739. The third-order valence-corrected chi connectivity index (χ3v) is 2.93. The summed E-state index contributed by atoms with van der Waals surface area (Å²) in [6, 6.07) is 0.101. The van der Waals surface area contributed by atoms with Gasteiger partial charge in [-0.25, -0.2) is 4.68 Å². The number of hydrogen-bond donors (Lipinski definition) is 2. The van der Waals surface area contributed by atoms with Crippen LogP contribution in [0.5, 0.6) is 0 Å². The molecule has 0 aromatic carbocycles. The molecule has 18 heavy (non-hydrogen) atoms. The van der Waals surface area contributed by atoms with Gasteiger partial charge in [-0.15, -0.1) is 6.58 Å². The molecule has 0 aliphatic heterocycles. The number of hydrogen-bond acceptors (Lipinski definition) is 4. The maximum atomic E-state index is 11.9. The second-order valence-corrected chi connectivity index (χ2v) is 4.39. The molecule has 0 saturated carbocycles. The fraction of sp³-hybridized carbons (Fsp3) is 0.500. The van der Waals surface area contributed by atoms with Crippen LogP contribution in [0.3, 0.4) is 0 Å². The van der Waals surface area contributed by atoms with E-state index in [1.54, 1.807) is 12.3 Å². The summed E-state index contributed by atoms with van der Waals surface area (Å²) in [5.74, 6) is 0. The first-order valence-electron chi connectivity index (χ1n) is 5.97. The molecular formula is C12H19ClN4O. The van der Waals surface area contributed by atoms with Gasteiger partial charge in [-0.05, 0) is 6.42 Å². The smallest absolute Gasteiger partial charge is 0.287 e. The largest absolute Gasteiger partial charge is 0.378 e. The van der Waals surface area contributed by atoms with Gasteiger partial charge in [0, 0.05) is 12.6 Å². The number of aromatic nitrogens is 2. The monoisotopic (exact) mass is 270 g/mol. The van der Waals surface area contributed by atoms with Crippen LogP contribution in [0, 0.1) is 0 Å². The van der Waals surface area contributed by atoms with Crippen molar-refractivity contribution in [3.8, 4) is 0 Å². The number of nitrogens with zero attached hydrogens (tertiary/aromatic N) is 2. The van der Waals surface area contributed by atoms with E-state index in [1.165, 1.54) is 4.68 Å². The summed E-state index contributed by atoms with van der Waals surface area (Å²) in [4.78, 5) is 11.9. The number of nitrogens with one attached hydrogen (secondary N) is 1. The predicted molar refractivity (Wildman–Crippen MR) is 75.1 cm³/mol. The van der Waals surface area contributed by atoms with Crippen LogP contribution in [-0.2, 0) is 6.54 Å². The van der Waals surface area contributed by atoms with Crippen molar-refractivity contribution in [3.05, 3.63) is 34.2 Å². The van der Waals surface area contributed by atoms with Crippen LogP contribution in [0.15, 0.2) is 23.6 Å². The lowest BCUT2D eigenvalue weighted by molar-refractivity contribution is 0.635. The lowest BCUT2D eigenvalue weighted by Crippen LogP contribution is -2.31. The minimum Gasteiger partial charge on any atom is -0.378 e. The Morgan fingerprint density at radius 1 is 1.72 bits per heavy atom. The Labute approximate surface area is 112 Å². The van der Waals surface area contributed by atoms with Crippen molar-refractivity contribution in [1.29, 1.82) is 0 Å². The van der Waals surface area contributed by atoms with Gasteiger partial charge in [0.1, 0.15) is 5.02 Å². The lowest BCUT2D eigenvalue weighted by atomic mass is 10.1. The van der Waals surface area contributed by atoms with E-state index in [4.69, 9.17) is 17.3 Å². The minimum atomic E-state index is -0.325. The zero-order valence-electron chi connectivity index (χ0n) is 10.5. The number of allylic oxidation sites excluding steroid dienone is 1. The maximum absolute atomic E-state index is 11.9. The first kappa shape index (κ1) is 14.7. The average Bonchev–Trinajstić information content (AvgIpc) is 2.37. The Morgan fingerprint density at radius 2 is 2.44 bits per heavy atom. The average molecular weight is 271 g/mol. The van der Waals surface area contributed by atoms with E-state index >= 15 is 0 Å². The number of halogens is 1. The molecule has 3 N–H and O–H groups in total. The van der Waals surface area contributed by atoms with Crippen molar-refractivity contribution in [2.75, 3.05) is 11.9 Å². The van der Waals surface area contributed by atoms with Gasteiger partial charge in [0.25, 0.3) is 5.56 Å². The first-order valence-corrected chi connectivity index (χ1v) is 6.34. The van der Waals surface area contributed by atoms with E-state index < -0.39 is 0 Å². The van der Waals surface area contributed by atoms with E-state index in [9.17, 15) is 4.79 Å². The van der Waals surface area contributed by atoms with E-state index in [-0.39, 0.29) is 16.6 Å². The Hall–Kier alpha value is -1.33. The van der Waals surface area contributed by atoms with E-state index in [1.807, 2.05) is 0 Å². The van der Waals surface area contributed by atoms with Gasteiger partial charge in [0.15, 0.2) is 0 Å². The third kappa shape index (κ3) is 3.58. The Morgan fingerprint density at radius 3 is 3.00 bits per heavy atom. The lowest BCUT2D eigenvalue weighted by Gasteiger charge is -2.18. The molecule has 0 amide bonds. The standard InChI is InChI=1S/C12H19ClN4O/c1-3-5-9(7-14)16-10-8-15-17(6-4-2)12(18)11(10)13/h4,8-9,16H,2-3,5-7,14H2,1H3. The molecule has 0 fully saturated rings. The second-order valence-electron chi connectivity index (χ2n) is 4.01.